The van der Waals surface area contributed by atoms with Crippen molar-refractivity contribution >= 4 is 11.3 Å². The molecule has 0 spiro atoms. The van der Waals surface area contributed by atoms with Crippen molar-refractivity contribution in [1.82, 2.24) is 5.43 Å². The second kappa shape index (κ2) is 5.98. The van der Waals surface area contributed by atoms with Gasteiger partial charge in [0.2, 0.25) is 0 Å². The zero-order valence-electron chi connectivity index (χ0n) is 10.7. The van der Waals surface area contributed by atoms with Crippen LogP contribution in [0.1, 0.15) is 51.0 Å². The first kappa shape index (κ1) is 13.1. The zero-order chi connectivity index (χ0) is 12.1. The van der Waals surface area contributed by atoms with Crippen LogP contribution in [0, 0.1) is 5.41 Å². The van der Waals surface area contributed by atoms with Crippen LogP contribution in [0.5, 0.6) is 0 Å². The van der Waals surface area contributed by atoms with Crippen LogP contribution in [-0.4, -0.2) is 6.04 Å². The van der Waals surface area contributed by atoms with E-state index in [4.69, 9.17) is 5.84 Å². The molecule has 0 radical (unpaired) electrons. The highest BCUT2D eigenvalue weighted by atomic mass is 32.1. The molecule has 17 heavy (non-hydrogen) atoms. The van der Waals surface area contributed by atoms with E-state index in [9.17, 15) is 0 Å². The monoisotopic (exact) mass is 252 g/mol. The molecule has 1 aliphatic rings. The van der Waals surface area contributed by atoms with E-state index in [1.54, 1.807) is 11.3 Å². The van der Waals surface area contributed by atoms with Crippen LogP contribution in [0.25, 0.3) is 0 Å². The number of nitrogens with two attached hydrogens (primary N) is 1. The first-order chi connectivity index (χ1) is 8.30. The molecule has 1 heterocycles. The van der Waals surface area contributed by atoms with E-state index in [0.717, 1.165) is 6.42 Å². The maximum absolute atomic E-state index is 5.81. The van der Waals surface area contributed by atoms with Gasteiger partial charge in [0.15, 0.2) is 0 Å². The highest BCUT2D eigenvalue weighted by Crippen LogP contribution is 2.44. The Balaban J connectivity index is 1.95. The van der Waals surface area contributed by atoms with Crippen LogP contribution in [0.3, 0.4) is 0 Å². The molecule has 2 nitrogen and oxygen atoms in total. The molecule has 1 unspecified atom stereocenters. The average molecular weight is 252 g/mol. The summed E-state index contributed by atoms with van der Waals surface area (Å²) in [6, 6.07) is 2.71. The third kappa shape index (κ3) is 2.90. The lowest BCUT2D eigenvalue weighted by Crippen LogP contribution is -2.47. The normalized spacial score (nSPS) is 20.6. The molecular weight excluding hydrogens is 228 g/mol. The van der Waals surface area contributed by atoms with Gasteiger partial charge in [-0.05, 0) is 59.9 Å². The zero-order valence-corrected chi connectivity index (χ0v) is 11.6. The Bertz CT molecular complexity index is 315. The molecule has 2 rings (SSSR count). The van der Waals surface area contributed by atoms with Gasteiger partial charge >= 0.3 is 0 Å². The fourth-order valence-corrected chi connectivity index (χ4v) is 4.04. The molecule has 96 valence electrons. The predicted molar refractivity (Wildman–Crippen MR) is 74.9 cm³/mol. The molecule has 0 amide bonds. The van der Waals surface area contributed by atoms with Crippen LogP contribution in [0.4, 0.5) is 0 Å². The second-order valence-electron chi connectivity index (χ2n) is 5.31. The van der Waals surface area contributed by atoms with Crippen LogP contribution in [0.15, 0.2) is 16.8 Å². The van der Waals surface area contributed by atoms with Crippen molar-refractivity contribution in [3.8, 4) is 0 Å². The van der Waals surface area contributed by atoms with Gasteiger partial charge in [-0.3, -0.25) is 11.3 Å². The van der Waals surface area contributed by atoms with Crippen LogP contribution >= 0.6 is 11.3 Å². The fraction of sp³-hybridized carbons (Fsp3) is 0.714. The lowest BCUT2D eigenvalue weighted by atomic mass is 9.74. The van der Waals surface area contributed by atoms with E-state index in [-0.39, 0.29) is 0 Å². The number of nitrogens with one attached hydrogen (secondary N) is 1. The maximum Gasteiger partial charge on any atom is 0.0269 e. The number of hydrogen-bond acceptors (Lipinski definition) is 3. The molecule has 1 aromatic heterocycles. The van der Waals surface area contributed by atoms with Gasteiger partial charge in [-0.25, -0.2) is 0 Å². The largest absolute Gasteiger partial charge is 0.271 e. The van der Waals surface area contributed by atoms with Crippen molar-refractivity contribution in [3.05, 3.63) is 22.4 Å². The average Bonchev–Trinajstić information content (AvgIpc) is 3.00. The summed E-state index contributed by atoms with van der Waals surface area (Å²) < 4.78 is 0. The van der Waals surface area contributed by atoms with E-state index in [0.29, 0.717) is 11.5 Å². The Morgan fingerprint density at radius 3 is 2.76 bits per heavy atom. The van der Waals surface area contributed by atoms with Crippen LogP contribution < -0.4 is 11.3 Å². The molecule has 0 saturated heterocycles. The summed E-state index contributed by atoms with van der Waals surface area (Å²) in [5, 5.41) is 4.41. The van der Waals surface area contributed by atoms with Gasteiger partial charge in [0.1, 0.15) is 0 Å². The summed E-state index contributed by atoms with van der Waals surface area (Å²) in [5.74, 6) is 5.81. The smallest absolute Gasteiger partial charge is 0.0269 e. The van der Waals surface area contributed by atoms with Crippen LogP contribution in [0.2, 0.25) is 0 Å². The van der Waals surface area contributed by atoms with E-state index in [1.807, 2.05) is 0 Å². The summed E-state index contributed by atoms with van der Waals surface area (Å²) in [6.45, 7) is 2.32. The maximum atomic E-state index is 5.81. The number of hydrazine groups is 1. The molecule has 1 saturated carbocycles. The fourth-order valence-electron chi connectivity index (χ4n) is 3.34. The summed E-state index contributed by atoms with van der Waals surface area (Å²) >= 11 is 1.78. The van der Waals surface area contributed by atoms with Crippen molar-refractivity contribution in [2.24, 2.45) is 11.3 Å². The molecule has 3 heteroatoms. The first-order valence-electron chi connectivity index (χ1n) is 6.78. The Morgan fingerprint density at radius 1 is 1.47 bits per heavy atom. The highest BCUT2D eigenvalue weighted by molar-refractivity contribution is 7.07. The van der Waals surface area contributed by atoms with Gasteiger partial charge < -0.3 is 0 Å². The minimum absolute atomic E-state index is 0.463. The lowest BCUT2D eigenvalue weighted by molar-refractivity contribution is 0.177. The van der Waals surface area contributed by atoms with E-state index < -0.39 is 0 Å². The molecule has 1 fully saturated rings. The highest BCUT2D eigenvalue weighted by Gasteiger charge is 2.38. The minimum Gasteiger partial charge on any atom is -0.271 e. The topological polar surface area (TPSA) is 38.0 Å². The molecular formula is C14H24N2S. The predicted octanol–water partition coefficient (Wildman–Crippen LogP) is 3.48. The first-order valence-corrected chi connectivity index (χ1v) is 7.72. The van der Waals surface area contributed by atoms with Crippen LogP contribution in [-0.2, 0) is 6.42 Å². The molecule has 0 aromatic carbocycles. The third-order valence-electron chi connectivity index (χ3n) is 4.55. The third-order valence-corrected chi connectivity index (χ3v) is 5.28. The van der Waals surface area contributed by atoms with Crippen molar-refractivity contribution in [3.63, 3.8) is 0 Å². The Kier molecular flexibility index (Phi) is 4.60. The number of rotatable bonds is 6. The van der Waals surface area contributed by atoms with Crippen molar-refractivity contribution in [2.45, 2.75) is 57.9 Å². The molecule has 0 aliphatic heterocycles. The SMILES string of the molecule is CCC1(C(CCc2ccsc2)NN)CCCC1. The molecule has 3 N–H and O–H groups in total. The summed E-state index contributed by atoms with van der Waals surface area (Å²) in [7, 11) is 0. The van der Waals surface area contributed by atoms with E-state index in [2.05, 4.69) is 29.2 Å². The molecule has 1 aromatic rings. The van der Waals surface area contributed by atoms with Gasteiger partial charge in [-0.2, -0.15) is 11.3 Å². The molecule has 1 aliphatic carbocycles. The summed E-state index contributed by atoms with van der Waals surface area (Å²) in [5.41, 5.74) is 5.02. The summed E-state index contributed by atoms with van der Waals surface area (Å²) in [6.07, 6.45) is 9.03. The van der Waals surface area contributed by atoms with Crippen molar-refractivity contribution in [1.29, 1.82) is 0 Å². The number of hydrogen-bond donors (Lipinski definition) is 2. The Hall–Kier alpha value is -0.380. The minimum atomic E-state index is 0.463. The van der Waals surface area contributed by atoms with E-state index >= 15 is 0 Å². The van der Waals surface area contributed by atoms with Crippen molar-refractivity contribution < 1.29 is 0 Å². The molecule has 1 atom stereocenters. The second-order valence-corrected chi connectivity index (χ2v) is 6.09. The number of aryl methyl sites for hydroxylation is 1. The quantitative estimate of drug-likeness (QED) is 0.601. The lowest BCUT2D eigenvalue weighted by Gasteiger charge is -2.36. The van der Waals surface area contributed by atoms with Gasteiger partial charge in [0, 0.05) is 6.04 Å². The van der Waals surface area contributed by atoms with E-state index in [1.165, 1.54) is 44.1 Å². The number of thiophene rings is 1. The Labute approximate surface area is 109 Å². The van der Waals surface area contributed by atoms with Crippen molar-refractivity contribution in [2.75, 3.05) is 0 Å². The van der Waals surface area contributed by atoms with Gasteiger partial charge in [0.25, 0.3) is 0 Å². The summed E-state index contributed by atoms with van der Waals surface area (Å²) in [4.78, 5) is 0. The van der Waals surface area contributed by atoms with Gasteiger partial charge in [-0.15, -0.1) is 0 Å². The standard InChI is InChI=1S/C14H24N2S/c1-2-14(8-3-4-9-14)13(16-15)6-5-12-7-10-17-11-12/h7,10-11,13,16H,2-6,8-9,15H2,1H3. The van der Waals surface area contributed by atoms with Gasteiger partial charge in [0.05, 0.1) is 0 Å². The van der Waals surface area contributed by atoms with Gasteiger partial charge in [-0.1, -0.05) is 19.8 Å². The Morgan fingerprint density at radius 2 is 2.24 bits per heavy atom. The molecule has 0 bridgehead atoms.